The average molecular weight is 343 g/mol. The summed E-state index contributed by atoms with van der Waals surface area (Å²) in [5, 5.41) is 3.65. The molecule has 0 aliphatic carbocycles. The molecule has 5 heterocycles. The van der Waals surface area contributed by atoms with Crippen LogP contribution in [0.15, 0.2) is 6.33 Å². The van der Waals surface area contributed by atoms with Gasteiger partial charge in [-0.25, -0.2) is 4.98 Å². The lowest BCUT2D eigenvalue weighted by atomic mass is 10.1. The summed E-state index contributed by atoms with van der Waals surface area (Å²) in [4.78, 5) is 21.6. The van der Waals surface area contributed by atoms with Gasteiger partial charge in [0, 0.05) is 38.3 Å². The molecule has 2 N–H and O–H groups in total. The molecule has 0 saturated carbocycles. The van der Waals surface area contributed by atoms with E-state index in [1.807, 2.05) is 0 Å². The van der Waals surface area contributed by atoms with Crippen LogP contribution < -0.4 is 15.0 Å². The Morgan fingerprint density at radius 3 is 2.60 bits per heavy atom. The van der Waals surface area contributed by atoms with Gasteiger partial charge < -0.3 is 24.8 Å². The number of rotatable bonds is 3. The second kappa shape index (κ2) is 6.10. The van der Waals surface area contributed by atoms with E-state index in [4.69, 9.17) is 9.72 Å². The number of imidazole rings is 1. The number of aromatic amines is 1. The third-order valence-electron chi connectivity index (χ3n) is 5.68. The molecule has 25 heavy (non-hydrogen) atoms. The minimum atomic E-state index is 0.213. The number of hydrogen-bond acceptors (Lipinski definition) is 7. The van der Waals surface area contributed by atoms with Crippen LogP contribution in [0.4, 0.5) is 5.95 Å². The van der Waals surface area contributed by atoms with E-state index in [1.165, 1.54) is 12.8 Å². The van der Waals surface area contributed by atoms with Gasteiger partial charge in [-0.15, -0.1) is 0 Å². The second-order valence-corrected chi connectivity index (χ2v) is 7.59. The van der Waals surface area contributed by atoms with E-state index >= 15 is 0 Å². The number of nitrogens with one attached hydrogen (secondary N) is 2. The Morgan fingerprint density at radius 1 is 1.08 bits per heavy atom. The third kappa shape index (κ3) is 2.93. The van der Waals surface area contributed by atoms with E-state index in [2.05, 4.69) is 37.1 Å². The predicted molar refractivity (Wildman–Crippen MR) is 95.0 cm³/mol. The largest absolute Gasteiger partial charge is 0.473 e. The van der Waals surface area contributed by atoms with Crippen LogP contribution in [0, 0.1) is 0 Å². The Kier molecular flexibility index (Phi) is 3.74. The summed E-state index contributed by atoms with van der Waals surface area (Å²) in [5.41, 5.74) is 1.50. The van der Waals surface area contributed by atoms with Crippen LogP contribution in [0.2, 0.25) is 0 Å². The Bertz CT molecular complexity index is 743. The van der Waals surface area contributed by atoms with Gasteiger partial charge in [-0.05, 0) is 32.7 Å². The molecule has 0 aromatic carbocycles. The first-order chi connectivity index (χ1) is 12.2. The number of hydrogen-bond donors (Lipinski definition) is 2. The zero-order valence-electron chi connectivity index (χ0n) is 14.6. The minimum absolute atomic E-state index is 0.213. The maximum Gasteiger partial charge on any atom is 0.245 e. The smallest absolute Gasteiger partial charge is 0.245 e. The van der Waals surface area contributed by atoms with Gasteiger partial charge in [0.15, 0.2) is 5.65 Å². The zero-order valence-corrected chi connectivity index (χ0v) is 14.6. The van der Waals surface area contributed by atoms with Crippen molar-refractivity contribution in [3.8, 4) is 5.88 Å². The molecule has 2 aromatic heterocycles. The number of H-pyrrole nitrogens is 1. The molecule has 3 aliphatic heterocycles. The summed E-state index contributed by atoms with van der Waals surface area (Å²) in [7, 11) is 2.16. The summed E-state index contributed by atoms with van der Waals surface area (Å²) in [6.45, 7) is 4.05. The SMILES string of the molecule is CN1CCC(Oc2nc(N3CC4CCC(C3)N4)nc3nc[nH]c23)CC1. The van der Waals surface area contributed by atoms with Crippen molar-refractivity contribution in [2.24, 2.45) is 0 Å². The van der Waals surface area contributed by atoms with Gasteiger partial charge >= 0.3 is 0 Å². The number of fused-ring (bicyclic) bond motifs is 3. The molecular weight excluding hydrogens is 318 g/mol. The van der Waals surface area contributed by atoms with E-state index in [-0.39, 0.29) is 6.10 Å². The van der Waals surface area contributed by atoms with E-state index in [1.54, 1.807) is 6.33 Å². The number of ether oxygens (including phenoxy) is 1. The van der Waals surface area contributed by atoms with Crippen molar-refractivity contribution in [1.29, 1.82) is 0 Å². The highest BCUT2D eigenvalue weighted by Gasteiger charge is 2.34. The van der Waals surface area contributed by atoms with Crippen LogP contribution >= 0.6 is 0 Å². The molecule has 5 rings (SSSR count). The summed E-state index contributed by atoms with van der Waals surface area (Å²) < 4.78 is 6.28. The summed E-state index contributed by atoms with van der Waals surface area (Å²) in [6, 6.07) is 1.10. The van der Waals surface area contributed by atoms with Crippen molar-refractivity contribution in [1.82, 2.24) is 30.2 Å². The van der Waals surface area contributed by atoms with Crippen molar-refractivity contribution in [3.63, 3.8) is 0 Å². The van der Waals surface area contributed by atoms with Crippen molar-refractivity contribution in [3.05, 3.63) is 6.33 Å². The second-order valence-electron chi connectivity index (χ2n) is 7.59. The molecule has 2 bridgehead atoms. The standard InChI is InChI=1S/C17H25N7O/c1-23-6-4-13(5-7-23)25-16-14-15(19-10-18-14)21-17(22-16)24-8-11-2-3-12(9-24)20-11/h10-13,20H,2-9H2,1H3,(H,18,19,21,22). The maximum absolute atomic E-state index is 6.28. The molecule has 2 atom stereocenters. The van der Waals surface area contributed by atoms with Gasteiger partial charge in [0.25, 0.3) is 0 Å². The maximum atomic E-state index is 6.28. The topological polar surface area (TPSA) is 82.2 Å². The Morgan fingerprint density at radius 2 is 1.84 bits per heavy atom. The molecule has 3 saturated heterocycles. The number of piperidine rings is 1. The van der Waals surface area contributed by atoms with Gasteiger partial charge in [0.05, 0.1) is 6.33 Å². The van der Waals surface area contributed by atoms with E-state index in [0.717, 1.165) is 50.5 Å². The number of anilines is 1. The van der Waals surface area contributed by atoms with Crippen LogP contribution in [-0.4, -0.2) is 76.3 Å². The van der Waals surface area contributed by atoms with Crippen molar-refractivity contribution >= 4 is 17.1 Å². The molecule has 3 aliphatic rings. The lowest BCUT2D eigenvalue weighted by Crippen LogP contribution is -2.51. The highest BCUT2D eigenvalue weighted by Crippen LogP contribution is 2.28. The van der Waals surface area contributed by atoms with Crippen molar-refractivity contribution in [2.75, 3.05) is 38.1 Å². The van der Waals surface area contributed by atoms with Crippen molar-refractivity contribution in [2.45, 2.75) is 43.9 Å². The average Bonchev–Trinajstić information content (AvgIpc) is 3.23. The Balaban J connectivity index is 1.43. The summed E-state index contributed by atoms with van der Waals surface area (Å²) in [6.07, 6.45) is 6.43. The van der Waals surface area contributed by atoms with Crippen LogP contribution in [0.5, 0.6) is 5.88 Å². The first-order valence-electron chi connectivity index (χ1n) is 9.32. The molecule has 0 radical (unpaired) electrons. The molecule has 0 spiro atoms. The molecule has 0 amide bonds. The lowest BCUT2D eigenvalue weighted by molar-refractivity contribution is 0.111. The van der Waals surface area contributed by atoms with Crippen LogP contribution in [0.1, 0.15) is 25.7 Å². The highest BCUT2D eigenvalue weighted by atomic mass is 16.5. The third-order valence-corrected chi connectivity index (χ3v) is 5.68. The van der Waals surface area contributed by atoms with Gasteiger partial charge in [0.1, 0.15) is 11.6 Å². The molecule has 134 valence electrons. The molecular formula is C17H25N7O. The number of aromatic nitrogens is 4. The summed E-state index contributed by atoms with van der Waals surface area (Å²) in [5.74, 6) is 1.40. The molecule has 2 unspecified atom stereocenters. The Hall–Kier alpha value is -1.93. The molecule has 2 aromatic rings. The fourth-order valence-corrected chi connectivity index (χ4v) is 4.24. The van der Waals surface area contributed by atoms with Crippen molar-refractivity contribution < 1.29 is 4.74 Å². The predicted octanol–water partition coefficient (Wildman–Crippen LogP) is 0.767. The highest BCUT2D eigenvalue weighted by molar-refractivity contribution is 5.77. The zero-order chi connectivity index (χ0) is 16.8. The van der Waals surface area contributed by atoms with E-state index in [0.29, 0.717) is 23.6 Å². The number of nitrogens with zero attached hydrogens (tertiary/aromatic N) is 5. The molecule has 8 heteroatoms. The first-order valence-corrected chi connectivity index (χ1v) is 9.32. The lowest BCUT2D eigenvalue weighted by Gasteiger charge is -2.33. The number of piperazine rings is 1. The van der Waals surface area contributed by atoms with Crippen LogP contribution in [0.3, 0.4) is 0 Å². The van der Waals surface area contributed by atoms with Crippen LogP contribution in [-0.2, 0) is 0 Å². The van der Waals surface area contributed by atoms with E-state index < -0.39 is 0 Å². The monoisotopic (exact) mass is 343 g/mol. The van der Waals surface area contributed by atoms with Gasteiger partial charge in [-0.1, -0.05) is 0 Å². The van der Waals surface area contributed by atoms with Gasteiger partial charge in [-0.2, -0.15) is 9.97 Å². The summed E-state index contributed by atoms with van der Waals surface area (Å²) >= 11 is 0. The van der Waals surface area contributed by atoms with E-state index in [9.17, 15) is 0 Å². The first kappa shape index (κ1) is 15.3. The fraction of sp³-hybridized carbons (Fsp3) is 0.706. The van der Waals surface area contributed by atoms with Gasteiger partial charge in [-0.3, -0.25) is 0 Å². The fourth-order valence-electron chi connectivity index (χ4n) is 4.24. The minimum Gasteiger partial charge on any atom is -0.473 e. The molecule has 3 fully saturated rings. The van der Waals surface area contributed by atoms with Crippen LogP contribution in [0.25, 0.3) is 11.2 Å². The Labute approximate surface area is 147 Å². The van der Waals surface area contributed by atoms with Gasteiger partial charge in [0.2, 0.25) is 11.8 Å². The molecule has 8 nitrogen and oxygen atoms in total. The number of likely N-dealkylation sites (tertiary alicyclic amines) is 1. The normalized spacial score (nSPS) is 28.0. The quantitative estimate of drug-likeness (QED) is 0.852.